The molecule has 0 aromatic heterocycles. The van der Waals surface area contributed by atoms with E-state index in [-0.39, 0.29) is 64.7 Å². The number of carboxylic acid groups (broad SMARTS) is 1. The Morgan fingerprint density at radius 3 is 1.60 bits per heavy atom. The summed E-state index contributed by atoms with van der Waals surface area (Å²) in [5.41, 5.74) is 29.7. The maximum atomic E-state index is 13.9. The molecule has 2 heterocycles. The summed E-state index contributed by atoms with van der Waals surface area (Å²) in [5, 5.41) is 47.7. The molecule has 24 N–H and O–H groups in total. The largest absolute Gasteiger partial charge is 0.480 e. The second-order valence-corrected chi connectivity index (χ2v) is 15.8. The number of nitrogens with two attached hydrogens (primary N) is 4. The average molecular weight is 904 g/mol. The first-order valence-corrected chi connectivity index (χ1v) is 21.5. The molecule has 2 aliphatic heterocycles. The Balaban J connectivity index is 2.24. The summed E-state index contributed by atoms with van der Waals surface area (Å²) in [6.45, 7) is 1.44. The summed E-state index contributed by atoms with van der Waals surface area (Å²) in [6.07, 6.45) is 1.52. The van der Waals surface area contributed by atoms with Crippen molar-refractivity contribution in [2.45, 2.75) is 138 Å². The minimum absolute atomic E-state index is 0.00442. The van der Waals surface area contributed by atoms with Gasteiger partial charge >= 0.3 is 5.97 Å². The number of carbonyl (C=O) groups excluding carboxylic acids is 7. The quantitative estimate of drug-likeness (QED) is 0.0245. The molecule has 2 aliphatic rings. The van der Waals surface area contributed by atoms with Crippen molar-refractivity contribution in [3.05, 3.63) is 0 Å². The van der Waals surface area contributed by atoms with Crippen LogP contribution < -0.4 is 71.6 Å². The van der Waals surface area contributed by atoms with Crippen LogP contribution in [-0.2, 0) is 38.4 Å². The SMILES string of the molecule is C[C@H](NC(=O)[C@H](CCCNC(N)N)NC(=O)[C@H](CCCC[NH3+])NC(=O)[C@H](CO)NC(=O)[C@@H]1CCCN1C(=O)[C@@H]([NH3+])CO)C(=O)N[C@@H](CCCNC(N)N)C(=O)N1CCC[C@H]1C(=O)O. The number of rotatable bonds is 29. The third-order valence-corrected chi connectivity index (χ3v) is 10.8. The van der Waals surface area contributed by atoms with Gasteiger partial charge in [-0.05, 0) is 90.6 Å². The van der Waals surface area contributed by atoms with Gasteiger partial charge in [0.1, 0.15) is 61.5 Å². The number of nitrogens with one attached hydrogen (secondary N) is 7. The van der Waals surface area contributed by atoms with Gasteiger partial charge in [-0.15, -0.1) is 0 Å². The number of likely N-dealkylation sites (tertiary alicyclic amines) is 2. The highest BCUT2D eigenvalue weighted by Gasteiger charge is 2.40. The number of hydrogen-bond donors (Lipinski definition) is 16. The fourth-order valence-corrected chi connectivity index (χ4v) is 7.26. The van der Waals surface area contributed by atoms with E-state index in [0.29, 0.717) is 38.6 Å². The van der Waals surface area contributed by atoms with Gasteiger partial charge in [-0.25, -0.2) is 4.79 Å². The molecule has 0 radical (unpaired) electrons. The lowest BCUT2D eigenvalue weighted by Gasteiger charge is -2.29. The van der Waals surface area contributed by atoms with Gasteiger partial charge in [-0.2, -0.15) is 0 Å². The van der Waals surface area contributed by atoms with E-state index in [9.17, 15) is 53.7 Å². The molecule has 26 heteroatoms. The minimum atomic E-state index is -1.53. The van der Waals surface area contributed by atoms with Crippen LogP contribution in [0.5, 0.6) is 0 Å². The lowest BCUT2D eigenvalue weighted by Crippen LogP contribution is -2.70. The van der Waals surface area contributed by atoms with Crippen molar-refractivity contribution >= 4 is 47.3 Å². The van der Waals surface area contributed by atoms with Gasteiger partial charge in [0, 0.05) is 13.1 Å². The Morgan fingerprint density at radius 2 is 1.10 bits per heavy atom. The molecule has 0 bridgehead atoms. The number of hydrogen-bond acceptors (Lipinski definition) is 16. The van der Waals surface area contributed by atoms with E-state index in [1.165, 1.54) is 16.7 Å². The van der Waals surface area contributed by atoms with Gasteiger partial charge in [0.2, 0.25) is 35.4 Å². The third-order valence-electron chi connectivity index (χ3n) is 10.8. The number of aliphatic hydroxyl groups excluding tert-OH is 2. The fourth-order valence-electron chi connectivity index (χ4n) is 7.26. The van der Waals surface area contributed by atoms with Crippen molar-refractivity contribution in [2.24, 2.45) is 22.9 Å². The van der Waals surface area contributed by atoms with Gasteiger partial charge in [0.25, 0.3) is 5.91 Å². The van der Waals surface area contributed by atoms with Crippen LogP contribution in [-0.4, -0.2) is 179 Å². The lowest BCUT2D eigenvalue weighted by molar-refractivity contribution is -0.411. The van der Waals surface area contributed by atoms with Crippen molar-refractivity contribution in [3.63, 3.8) is 0 Å². The zero-order valence-electron chi connectivity index (χ0n) is 36.2. The zero-order chi connectivity index (χ0) is 47.2. The summed E-state index contributed by atoms with van der Waals surface area (Å²) < 4.78 is 0. The van der Waals surface area contributed by atoms with E-state index in [0.717, 1.165) is 0 Å². The van der Waals surface area contributed by atoms with Gasteiger partial charge in [0.05, 0.1) is 13.2 Å². The van der Waals surface area contributed by atoms with Gasteiger partial charge in [0.15, 0.2) is 6.04 Å². The van der Waals surface area contributed by atoms with Crippen molar-refractivity contribution < 1.29 is 65.1 Å². The third kappa shape index (κ3) is 18.2. The molecule has 8 atom stereocenters. The van der Waals surface area contributed by atoms with Crippen LogP contribution in [0.25, 0.3) is 0 Å². The topological polar surface area (TPSA) is 447 Å². The van der Waals surface area contributed by atoms with Gasteiger partial charge in [-0.3, -0.25) is 44.2 Å². The smallest absolute Gasteiger partial charge is 0.326 e. The van der Waals surface area contributed by atoms with Crippen LogP contribution in [0.4, 0.5) is 0 Å². The van der Waals surface area contributed by atoms with Crippen LogP contribution in [0, 0.1) is 0 Å². The average Bonchev–Trinajstić information content (AvgIpc) is 3.95. The van der Waals surface area contributed by atoms with Crippen LogP contribution in [0.1, 0.15) is 77.6 Å². The maximum absolute atomic E-state index is 13.9. The molecule has 0 unspecified atom stereocenters. The molecular weight excluding hydrogens is 831 g/mol. The number of nitrogens with zero attached hydrogens (tertiary/aromatic N) is 2. The van der Waals surface area contributed by atoms with Crippen molar-refractivity contribution in [3.8, 4) is 0 Å². The molecule has 0 spiro atoms. The summed E-state index contributed by atoms with van der Waals surface area (Å²) in [4.78, 5) is 109. The second-order valence-electron chi connectivity index (χ2n) is 15.8. The molecule has 7 amide bonds. The summed E-state index contributed by atoms with van der Waals surface area (Å²) >= 11 is 0. The zero-order valence-corrected chi connectivity index (χ0v) is 36.2. The predicted octanol–water partition coefficient (Wildman–Crippen LogP) is -9.35. The Hall–Kier alpha value is -4.64. The highest BCUT2D eigenvalue weighted by molar-refractivity contribution is 5.97. The van der Waals surface area contributed by atoms with E-state index in [1.54, 1.807) is 0 Å². The Bertz CT molecular complexity index is 1530. The summed E-state index contributed by atoms with van der Waals surface area (Å²) in [6, 6.07) is -9.52. The molecule has 0 saturated carbocycles. The minimum Gasteiger partial charge on any atom is -0.480 e. The molecule has 26 nitrogen and oxygen atoms in total. The van der Waals surface area contributed by atoms with Crippen LogP contribution in [0.15, 0.2) is 0 Å². The molecule has 0 aromatic rings. The number of amides is 7. The molecule has 63 heavy (non-hydrogen) atoms. The van der Waals surface area contributed by atoms with Crippen molar-refractivity contribution in [1.82, 2.24) is 47.0 Å². The molecule has 0 aliphatic carbocycles. The molecule has 0 aromatic carbocycles. The monoisotopic (exact) mass is 904 g/mol. The lowest BCUT2D eigenvalue weighted by atomic mass is 10.0. The highest BCUT2D eigenvalue weighted by Crippen LogP contribution is 2.20. The van der Waals surface area contributed by atoms with Crippen LogP contribution >= 0.6 is 0 Å². The second kappa shape index (κ2) is 28.2. The van der Waals surface area contributed by atoms with E-state index < -0.39 is 121 Å². The number of unbranched alkanes of at least 4 members (excludes halogenated alkanes) is 1. The van der Waals surface area contributed by atoms with Gasteiger partial charge < -0.3 is 86.1 Å². The highest BCUT2D eigenvalue weighted by atomic mass is 16.4. The number of aliphatic hydroxyl groups is 2. The van der Waals surface area contributed by atoms with E-state index in [2.05, 4.69) is 48.7 Å². The molecule has 2 saturated heterocycles. The number of quaternary nitrogens is 2. The Labute approximate surface area is 366 Å². The first-order valence-electron chi connectivity index (χ1n) is 21.5. The summed E-state index contributed by atoms with van der Waals surface area (Å²) in [7, 11) is 0. The predicted molar refractivity (Wildman–Crippen MR) is 224 cm³/mol. The maximum Gasteiger partial charge on any atom is 0.326 e. The van der Waals surface area contributed by atoms with Gasteiger partial charge in [-0.1, -0.05) is 0 Å². The normalized spacial score (nSPS) is 19.2. The first kappa shape index (κ1) is 54.5. The number of carbonyl (C=O) groups is 8. The number of carboxylic acids is 1. The van der Waals surface area contributed by atoms with Crippen LogP contribution in [0.2, 0.25) is 0 Å². The van der Waals surface area contributed by atoms with E-state index >= 15 is 0 Å². The standard InChI is InChI=1S/C37H71N15O11/c1-20(28(55)49-24(10-5-15-45-37(42)43)34(61)52-17-7-12-27(52)35(62)63)46-29(56)23(9-4-14-44-36(40)41)47-30(57)22(8-2-3-13-38)48-31(58)25(19-54)50-32(59)26-11-6-16-51(26)33(60)21(39)18-53/h20-27,36-37,44-45,53-54H,2-19,38-43H2,1H3,(H,46,56)(H,47,57)(H,48,58)(H,49,55)(H,50,59)(H,62,63)/p+2/t20-,21-,22-,23-,24-,25-,26-,27-/m0/s1. The van der Waals surface area contributed by atoms with E-state index in [4.69, 9.17) is 22.9 Å². The first-order chi connectivity index (χ1) is 29.9. The molecule has 360 valence electrons. The summed E-state index contributed by atoms with van der Waals surface area (Å²) in [5.74, 6) is -6.29. The van der Waals surface area contributed by atoms with Crippen molar-refractivity contribution in [2.75, 3.05) is 45.9 Å². The molecule has 2 rings (SSSR count). The fraction of sp³-hybridized carbons (Fsp3) is 0.784. The number of aliphatic carboxylic acids is 1. The molecular formula is C37H73N15O11+2. The van der Waals surface area contributed by atoms with Crippen LogP contribution in [0.3, 0.4) is 0 Å². The molecule has 2 fully saturated rings. The Morgan fingerprint density at radius 1 is 0.619 bits per heavy atom. The van der Waals surface area contributed by atoms with Crippen molar-refractivity contribution in [1.29, 1.82) is 0 Å². The van der Waals surface area contributed by atoms with E-state index in [1.807, 2.05) is 0 Å². The Kier molecular flexibility index (Phi) is 24.4.